The Morgan fingerprint density at radius 1 is 0.426 bits per heavy atom. The molecule has 0 N–H and O–H groups in total. The van der Waals surface area contributed by atoms with Gasteiger partial charge in [-0.15, -0.1) is 0 Å². The van der Waals surface area contributed by atoms with Gasteiger partial charge in [-0.05, 0) is 88.6 Å². The Balaban J connectivity index is 1.13. The fraction of sp³-hybridized carbons (Fsp3) is 0. The predicted octanol–water partition coefficient (Wildman–Crippen LogP) is 11.7. The van der Waals surface area contributed by atoms with E-state index in [9.17, 15) is 0 Å². The average molecular weight is 604 g/mol. The van der Waals surface area contributed by atoms with Crippen LogP contribution in [0.5, 0.6) is 0 Å². The summed E-state index contributed by atoms with van der Waals surface area (Å²) in [7, 11) is 0. The van der Waals surface area contributed by atoms with Crippen LogP contribution in [0.25, 0.3) is 76.9 Å². The molecule has 0 atom stereocenters. The average Bonchev–Trinajstić information content (AvgIpc) is 3.67. The maximum atomic E-state index is 6.38. The van der Waals surface area contributed by atoms with Crippen molar-refractivity contribution in [1.29, 1.82) is 0 Å². The second kappa shape index (κ2) is 10.0. The van der Waals surface area contributed by atoms with Crippen molar-refractivity contribution in [3.05, 3.63) is 152 Å². The summed E-state index contributed by atoms with van der Waals surface area (Å²) >= 11 is 0. The van der Waals surface area contributed by atoms with Gasteiger partial charge < -0.3 is 13.7 Å². The van der Waals surface area contributed by atoms with E-state index in [-0.39, 0.29) is 0 Å². The van der Waals surface area contributed by atoms with E-state index < -0.39 is 0 Å². The van der Waals surface area contributed by atoms with Gasteiger partial charge in [-0.2, -0.15) is 0 Å². The summed E-state index contributed by atoms with van der Waals surface area (Å²) in [6.45, 7) is 0. The lowest BCUT2D eigenvalue weighted by Gasteiger charge is -2.25. The van der Waals surface area contributed by atoms with Crippen LogP contribution < -0.4 is 4.90 Å². The second-order valence-corrected chi connectivity index (χ2v) is 11.9. The Bertz CT molecular complexity index is 2810. The zero-order chi connectivity index (χ0) is 30.9. The van der Waals surface area contributed by atoms with Crippen LogP contribution in [0, 0.1) is 0 Å². The van der Waals surface area contributed by atoms with Gasteiger partial charge in [0.15, 0.2) is 0 Å². The molecule has 47 heavy (non-hydrogen) atoms. The molecule has 0 bridgehead atoms. The molecule has 5 nitrogen and oxygen atoms in total. The lowest BCUT2D eigenvalue weighted by Crippen LogP contribution is -2.09. The van der Waals surface area contributed by atoms with Gasteiger partial charge in [-0.25, -0.2) is 9.97 Å². The predicted molar refractivity (Wildman–Crippen MR) is 192 cm³/mol. The van der Waals surface area contributed by atoms with Crippen molar-refractivity contribution in [2.75, 3.05) is 4.90 Å². The molecule has 0 spiro atoms. The third-order valence-corrected chi connectivity index (χ3v) is 9.11. The number of fused-ring (bicyclic) bond motifs is 8. The minimum atomic E-state index is 0.634. The Morgan fingerprint density at radius 2 is 1.09 bits per heavy atom. The molecule has 10 aromatic rings. The lowest BCUT2D eigenvalue weighted by molar-refractivity contribution is 0.654. The highest BCUT2D eigenvalue weighted by atomic mass is 16.3. The SMILES string of the molecule is c1ccc2cc(-c3ccc(N(c4ccc5c(c4)oc4ncccc45)c4ccc5c(c4)oc4nc6ccccc6cc45)cc3)ccc2c1. The Kier molecular flexibility index (Phi) is 5.51. The van der Waals surface area contributed by atoms with E-state index in [2.05, 4.69) is 125 Å². The van der Waals surface area contributed by atoms with Gasteiger partial charge >= 0.3 is 0 Å². The number of nitrogens with zero attached hydrogens (tertiary/aromatic N) is 3. The molecule has 0 radical (unpaired) electrons. The summed E-state index contributed by atoms with van der Waals surface area (Å²) in [6, 6.07) is 50.8. The summed E-state index contributed by atoms with van der Waals surface area (Å²) < 4.78 is 12.6. The fourth-order valence-electron chi connectivity index (χ4n) is 6.79. The monoisotopic (exact) mass is 603 g/mol. The van der Waals surface area contributed by atoms with Gasteiger partial charge in [0.1, 0.15) is 11.2 Å². The van der Waals surface area contributed by atoms with Crippen LogP contribution in [0.15, 0.2) is 161 Å². The lowest BCUT2D eigenvalue weighted by atomic mass is 10.0. The summed E-state index contributed by atoms with van der Waals surface area (Å²) in [5.74, 6) is 0. The number of pyridine rings is 2. The van der Waals surface area contributed by atoms with E-state index in [4.69, 9.17) is 13.8 Å². The van der Waals surface area contributed by atoms with Crippen LogP contribution in [-0.4, -0.2) is 9.97 Å². The molecule has 0 saturated heterocycles. The fourth-order valence-corrected chi connectivity index (χ4v) is 6.79. The first-order chi connectivity index (χ1) is 23.2. The largest absolute Gasteiger partial charge is 0.438 e. The molecule has 5 heteroatoms. The van der Waals surface area contributed by atoms with Gasteiger partial charge in [0.05, 0.1) is 5.52 Å². The molecule has 0 aliphatic rings. The summed E-state index contributed by atoms with van der Waals surface area (Å²) in [5.41, 5.74) is 9.05. The topological polar surface area (TPSA) is 55.3 Å². The van der Waals surface area contributed by atoms with E-state index in [1.165, 1.54) is 16.3 Å². The minimum Gasteiger partial charge on any atom is -0.438 e. The third kappa shape index (κ3) is 4.17. The molecule has 0 aliphatic carbocycles. The molecular formula is C42H25N3O2. The molecule has 0 aliphatic heterocycles. The summed E-state index contributed by atoms with van der Waals surface area (Å²) in [4.78, 5) is 11.5. The van der Waals surface area contributed by atoms with E-state index in [1.807, 2.05) is 30.3 Å². The quantitative estimate of drug-likeness (QED) is 0.200. The molecule has 4 aromatic heterocycles. The molecule has 6 aromatic carbocycles. The zero-order valence-electron chi connectivity index (χ0n) is 25.1. The van der Waals surface area contributed by atoms with Gasteiger partial charge in [0.2, 0.25) is 11.4 Å². The highest BCUT2D eigenvalue weighted by Gasteiger charge is 2.18. The van der Waals surface area contributed by atoms with Gasteiger partial charge in [0, 0.05) is 62.3 Å². The standard InChI is InChI=1S/C42H25N3O2/c1-2-7-28-22-29(12-11-26(28)6-1)27-13-15-31(16-14-27)45(32-17-19-34-36-9-5-21-43-41(36)46-39(34)24-32)33-18-20-35-37-23-30-8-3-4-10-38(30)44-42(37)47-40(35)25-33/h1-25H. The third-order valence-electron chi connectivity index (χ3n) is 9.11. The van der Waals surface area contributed by atoms with Crippen LogP contribution in [0.2, 0.25) is 0 Å². The maximum Gasteiger partial charge on any atom is 0.227 e. The molecule has 10 rings (SSSR count). The van der Waals surface area contributed by atoms with Crippen molar-refractivity contribution in [1.82, 2.24) is 9.97 Å². The highest BCUT2D eigenvalue weighted by Crippen LogP contribution is 2.41. The van der Waals surface area contributed by atoms with E-state index in [0.29, 0.717) is 11.4 Å². The van der Waals surface area contributed by atoms with Crippen LogP contribution in [0.4, 0.5) is 17.1 Å². The first-order valence-electron chi connectivity index (χ1n) is 15.6. The Labute approximate surface area is 268 Å². The summed E-state index contributed by atoms with van der Waals surface area (Å²) in [5, 5.41) is 7.64. The van der Waals surface area contributed by atoms with Crippen molar-refractivity contribution in [2.45, 2.75) is 0 Å². The number of anilines is 3. The van der Waals surface area contributed by atoms with Crippen molar-refractivity contribution in [2.24, 2.45) is 0 Å². The van der Waals surface area contributed by atoms with Crippen LogP contribution in [0.1, 0.15) is 0 Å². The summed E-state index contributed by atoms with van der Waals surface area (Å²) in [6.07, 6.45) is 1.76. The Morgan fingerprint density at radius 3 is 1.89 bits per heavy atom. The molecule has 0 fully saturated rings. The smallest absolute Gasteiger partial charge is 0.227 e. The van der Waals surface area contributed by atoms with Gasteiger partial charge in [0.25, 0.3) is 0 Å². The first kappa shape index (κ1) is 25.8. The second-order valence-electron chi connectivity index (χ2n) is 11.9. The van der Waals surface area contributed by atoms with E-state index in [0.717, 1.165) is 66.2 Å². The molecule has 0 saturated carbocycles. The molecular weight excluding hydrogens is 578 g/mol. The number of hydrogen-bond donors (Lipinski definition) is 0. The van der Waals surface area contributed by atoms with Gasteiger partial charge in [-0.3, -0.25) is 0 Å². The Hall–Kier alpha value is -6.46. The number of rotatable bonds is 4. The molecule has 0 unspecified atom stereocenters. The normalized spacial score (nSPS) is 11.8. The molecule has 0 amide bonds. The highest BCUT2D eigenvalue weighted by molar-refractivity contribution is 6.09. The number of furan rings is 2. The van der Waals surface area contributed by atoms with Crippen LogP contribution >= 0.6 is 0 Å². The van der Waals surface area contributed by atoms with Gasteiger partial charge in [-0.1, -0.05) is 66.7 Å². The van der Waals surface area contributed by atoms with Crippen molar-refractivity contribution < 1.29 is 8.83 Å². The molecule has 220 valence electrons. The van der Waals surface area contributed by atoms with Crippen LogP contribution in [0.3, 0.4) is 0 Å². The number of benzene rings is 6. The van der Waals surface area contributed by atoms with E-state index in [1.54, 1.807) is 6.20 Å². The minimum absolute atomic E-state index is 0.634. The van der Waals surface area contributed by atoms with Crippen molar-refractivity contribution in [3.63, 3.8) is 0 Å². The number of para-hydroxylation sites is 1. The van der Waals surface area contributed by atoms with E-state index >= 15 is 0 Å². The van der Waals surface area contributed by atoms with Crippen molar-refractivity contribution >= 4 is 82.9 Å². The number of hydrogen-bond acceptors (Lipinski definition) is 5. The zero-order valence-corrected chi connectivity index (χ0v) is 25.1. The van der Waals surface area contributed by atoms with Crippen LogP contribution in [-0.2, 0) is 0 Å². The number of aromatic nitrogens is 2. The maximum absolute atomic E-state index is 6.38. The first-order valence-corrected chi connectivity index (χ1v) is 15.6. The molecule has 4 heterocycles. The van der Waals surface area contributed by atoms with Crippen molar-refractivity contribution in [3.8, 4) is 11.1 Å².